The van der Waals surface area contributed by atoms with Crippen LogP contribution >= 0.6 is 11.3 Å². The Bertz CT molecular complexity index is 704. The van der Waals surface area contributed by atoms with Gasteiger partial charge in [0.25, 0.3) is 0 Å². The minimum absolute atomic E-state index is 0.236. The molecule has 0 spiro atoms. The smallest absolute Gasteiger partial charge is 0.140 e. The van der Waals surface area contributed by atoms with Gasteiger partial charge in [-0.3, -0.25) is 0 Å². The SMILES string of the molecule is Cc1cc2c(N3C[C@@H](CN(C)CCN(C)C)[C@@H](CO)C3)ncnc2s1. The Kier molecular flexibility index (Phi) is 5.89. The molecular formula is C18H29N5OS. The molecule has 1 saturated heterocycles. The predicted molar refractivity (Wildman–Crippen MR) is 104 cm³/mol. The number of rotatable bonds is 7. The molecule has 3 rings (SSSR count). The highest BCUT2D eigenvalue weighted by Gasteiger charge is 2.34. The lowest BCUT2D eigenvalue weighted by atomic mass is 9.96. The van der Waals surface area contributed by atoms with Gasteiger partial charge < -0.3 is 19.8 Å². The first-order valence-electron chi connectivity index (χ1n) is 8.88. The standard InChI is InChI=1S/C18H29N5OS/c1-13-7-16-17(19-12-20-18(16)25-13)23-9-14(15(10-23)11-24)8-22(4)6-5-21(2)3/h7,12,14-15,24H,5-6,8-11H2,1-4H3/t14-,15-/m1/s1. The highest BCUT2D eigenvalue weighted by Crippen LogP contribution is 2.34. The van der Waals surface area contributed by atoms with Crippen molar-refractivity contribution in [1.29, 1.82) is 0 Å². The molecular weight excluding hydrogens is 334 g/mol. The fourth-order valence-electron chi connectivity index (χ4n) is 3.60. The van der Waals surface area contributed by atoms with Crippen LogP contribution < -0.4 is 4.90 Å². The van der Waals surface area contributed by atoms with Gasteiger partial charge in [0.05, 0.1) is 5.39 Å². The van der Waals surface area contributed by atoms with Crippen molar-refractivity contribution in [2.45, 2.75) is 6.92 Å². The molecule has 0 aromatic carbocycles. The van der Waals surface area contributed by atoms with E-state index in [2.05, 4.69) is 58.8 Å². The van der Waals surface area contributed by atoms with E-state index < -0.39 is 0 Å². The van der Waals surface area contributed by atoms with Crippen molar-refractivity contribution in [1.82, 2.24) is 19.8 Å². The van der Waals surface area contributed by atoms with E-state index in [1.54, 1.807) is 17.7 Å². The zero-order valence-electron chi connectivity index (χ0n) is 15.6. The molecule has 6 nitrogen and oxygen atoms in total. The van der Waals surface area contributed by atoms with Gasteiger partial charge in [-0.2, -0.15) is 0 Å². The maximum Gasteiger partial charge on any atom is 0.140 e. The van der Waals surface area contributed by atoms with Crippen molar-refractivity contribution in [3.05, 3.63) is 17.3 Å². The summed E-state index contributed by atoms with van der Waals surface area (Å²) in [5.74, 6) is 1.78. The van der Waals surface area contributed by atoms with Crippen LogP contribution in [0, 0.1) is 18.8 Å². The van der Waals surface area contributed by atoms with Crippen LogP contribution in [0.25, 0.3) is 10.2 Å². The second kappa shape index (κ2) is 7.95. The predicted octanol–water partition coefficient (Wildman–Crippen LogP) is 1.54. The van der Waals surface area contributed by atoms with Gasteiger partial charge in [0.2, 0.25) is 0 Å². The molecule has 2 aromatic heterocycles. The molecule has 138 valence electrons. The lowest BCUT2D eigenvalue weighted by molar-refractivity contribution is 0.171. The number of aliphatic hydroxyl groups excluding tert-OH is 1. The Morgan fingerprint density at radius 2 is 1.96 bits per heavy atom. The molecule has 2 atom stereocenters. The Morgan fingerprint density at radius 1 is 1.20 bits per heavy atom. The van der Waals surface area contributed by atoms with Crippen LogP contribution in [-0.4, -0.2) is 85.3 Å². The molecule has 25 heavy (non-hydrogen) atoms. The summed E-state index contributed by atoms with van der Waals surface area (Å²) >= 11 is 1.71. The second-order valence-electron chi connectivity index (χ2n) is 7.45. The summed E-state index contributed by atoms with van der Waals surface area (Å²) in [5, 5.41) is 11.0. The van der Waals surface area contributed by atoms with Crippen LogP contribution in [0.5, 0.6) is 0 Å². The largest absolute Gasteiger partial charge is 0.396 e. The van der Waals surface area contributed by atoms with Gasteiger partial charge in [-0.25, -0.2) is 9.97 Å². The maximum atomic E-state index is 9.87. The molecule has 1 fully saturated rings. The molecule has 0 saturated carbocycles. The summed E-state index contributed by atoms with van der Waals surface area (Å²) in [4.78, 5) is 18.2. The third-order valence-corrected chi connectivity index (χ3v) is 5.98. The molecule has 3 heterocycles. The summed E-state index contributed by atoms with van der Waals surface area (Å²) in [6.07, 6.45) is 1.66. The normalized spacial score (nSPS) is 21.2. The number of aryl methyl sites for hydroxylation is 1. The van der Waals surface area contributed by atoms with Crippen molar-refractivity contribution >= 4 is 27.4 Å². The van der Waals surface area contributed by atoms with Crippen LogP contribution in [0.1, 0.15) is 4.88 Å². The van der Waals surface area contributed by atoms with Crippen LogP contribution in [0.4, 0.5) is 5.82 Å². The van der Waals surface area contributed by atoms with E-state index in [9.17, 15) is 5.11 Å². The molecule has 0 bridgehead atoms. The highest BCUT2D eigenvalue weighted by atomic mass is 32.1. The third kappa shape index (κ3) is 4.28. The van der Waals surface area contributed by atoms with Gasteiger partial charge in [-0.15, -0.1) is 11.3 Å². The van der Waals surface area contributed by atoms with E-state index in [0.717, 1.165) is 48.8 Å². The van der Waals surface area contributed by atoms with E-state index in [4.69, 9.17) is 0 Å². The first kappa shape index (κ1) is 18.5. The number of fused-ring (bicyclic) bond motifs is 1. The Labute approximate surface area is 154 Å². The summed E-state index contributed by atoms with van der Waals surface area (Å²) in [6, 6.07) is 2.18. The number of hydrogen-bond donors (Lipinski definition) is 1. The van der Waals surface area contributed by atoms with Crippen molar-refractivity contribution in [2.75, 3.05) is 65.4 Å². The number of likely N-dealkylation sites (N-methyl/N-ethyl adjacent to an activating group) is 2. The number of anilines is 1. The second-order valence-corrected chi connectivity index (χ2v) is 8.68. The Balaban J connectivity index is 1.72. The third-order valence-electron chi connectivity index (χ3n) is 5.02. The molecule has 0 aliphatic carbocycles. The van der Waals surface area contributed by atoms with Gasteiger partial charge in [0.15, 0.2) is 0 Å². The van der Waals surface area contributed by atoms with Crippen molar-refractivity contribution < 1.29 is 5.11 Å². The number of hydrogen-bond acceptors (Lipinski definition) is 7. The van der Waals surface area contributed by atoms with Gasteiger partial charge >= 0.3 is 0 Å². The zero-order chi connectivity index (χ0) is 18.0. The monoisotopic (exact) mass is 363 g/mol. The first-order chi connectivity index (χ1) is 12.0. The Morgan fingerprint density at radius 3 is 2.68 bits per heavy atom. The van der Waals surface area contributed by atoms with Crippen LogP contribution in [-0.2, 0) is 0 Å². The van der Waals surface area contributed by atoms with E-state index in [1.165, 1.54) is 4.88 Å². The van der Waals surface area contributed by atoms with Crippen LogP contribution in [0.2, 0.25) is 0 Å². The lowest BCUT2D eigenvalue weighted by Gasteiger charge is -2.25. The first-order valence-corrected chi connectivity index (χ1v) is 9.69. The van der Waals surface area contributed by atoms with E-state index in [-0.39, 0.29) is 6.61 Å². The van der Waals surface area contributed by atoms with E-state index in [1.807, 2.05) is 0 Å². The van der Waals surface area contributed by atoms with Crippen LogP contribution in [0.3, 0.4) is 0 Å². The van der Waals surface area contributed by atoms with Gasteiger partial charge in [0, 0.05) is 50.1 Å². The topological polar surface area (TPSA) is 55.7 Å². The van der Waals surface area contributed by atoms with Crippen molar-refractivity contribution in [3.63, 3.8) is 0 Å². The molecule has 1 aliphatic heterocycles. The molecule has 1 N–H and O–H groups in total. The minimum atomic E-state index is 0.236. The average molecular weight is 364 g/mol. The van der Waals surface area contributed by atoms with E-state index >= 15 is 0 Å². The number of thiophene rings is 1. The van der Waals surface area contributed by atoms with Gasteiger partial charge in [-0.1, -0.05) is 0 Å². The average Bonchev–Trinajstić information content (AvgIpc) is 3.14. The van der Waals surface area contributed by atoms with Crippen molar-refractivity contribution in [2.24, 2.45) is 11.8 Å². The molecule has 2 aromatic rings. The fourth-order valence-corrected chi connectivity index (χ4v) is 4.45. The fraction of sp³-hybridized carbons (Fsp3) is 0.667. The molecule has 0 radical (unpaired) electrons. The maximum absolute atomic E-state index is 9.87. The molecule has 0 amide bonds. The minimum Gasteiger partial charge on any atom is -0.396 e. The summed E-state index contributed by atoms with van der Waals surface area (Å²) in [6.45, 7) is 7.26. The van der Waals surface area contributed by atoms with Crippen molar-refractivity contribution in [3.8, 4) is 0 Å². The molecule has 0 unspecified atom stereocenters. The molecule has 7 heteroatoms. The quantitative estimate of drug-likeness (QED) is 0.805. The number of aromatic nitrogens is 2. The summed E-state index contributed by atoms with van der Waals surface area (Å²) in [5.41, 5.74) is 0. The van der Waals surface area contributed by atoms with Crippen LogP contribution in [0.15, 0.2) is 12.4 Å². The number of aliphatic hydroxyl groups is 1. The van der Waals surface area contributed by atoms with Gasteiger partial charge in [0.1, 0.15) is 17.0 Å². The molecule has 1 aliphatic rings. The van der Waals surface area contributed by atoms with E-state index in [0.29, 0.717) is 11.8 Å². The van der Waals surface area contributed by atoms with Gasteiger partial charge in [-0.05, 0) is 40.1 Å². The number of nitrogens with zero attached hydrogens (tertiary/aromatic N) is 5. The Hall–Kier alpha value is -1.28. The zero-order valence-corrected chi connectivity index (χ0v) is 16.5. The summed E-state index contributed by atoms with van der Waals surface area (Å²) in [7, 11) is 6.38. The summed E-state index contributed by atoms with van der Waals surface area (Å²) < 4.78 is 0. The lowest BCUT2D eigenvalue weighted by Crippen LogP contribution is -2.35. The highest BCUT2D eigenvalue weighted by molar-refractivity contribution is 7.18.